The zero-order valence-electron chi connectivity index (χ0n) is 13.2. The van der Waals surface area contributed by atoms with E-state index in [9.17, 15) is 18.0 Å². The molecule has 0 bridgehead atoms. The second kappa shape index (κ2) is 7.67. The summed E-state index contributed by atoms with van der Waals surface area (Å²) in [5, 5.41) is 9.16. The minimum Gasteiger partial charge on any atom is -0.466 e. The molecule has 1 fully saturated rings. The number of hydrogen-bond acceptors (Lipinski definition) is 4. The highest BCUT2D eigenvalue weighted by atomic mass is 19.4. The van der Waals surface area contributed by atoms with Crippen molar-refractivity contribution in [2.45, 2.75) is 51.0 Å². The van der Waals surface area contributed by atoms with Gasteiger partial charge in [-0.15, -0.1) is 0 Å². The zero-order valence-corrected chi connectivity index (χ0v) is 13.2. The summed E-state index contributed by atoms with van der Waals surface area (Å²) >= 11 is 0. The number of carbonyl (C=O) groups excluding carboxylic acids is 1. The third kappa shape index (κ3) is 4.26. The Morgan fingerprint density at radius 2 is 2.17 bits per heavy atom. The number of nitrogens with zero attached hydrogens (tertiary/aromatic N) is 1. The highest BCUT2D eigenvalue weighted by Crippen LogP contribution is 2.40. The molecule has 2 unspecified atom stereocenters. The summed E-state index contributed by atoms with van der Waals surface area (Å²) in [6, 6.07) is 5.33. The molecule has 1 saturated heterocycles. The van der Waals surface area contributed by atoms with Crippen LogP contribution < -0.4 is 0 Å². The van der Waals surface area contributed by atoms with E-state index >= 15 is 0 Å². The van der Waals surface area contributed by atoms with Crippen LogP contribution in [0.25, 0.3) is 0 Å². The molecule has 0 spiro atoms. The largest absolute Gasteiger partial charge is 0.466 e. The van der Waals surface area contributed by atoms with Crippen molar-refractivity contribution in [1.29, 1.82) is 5.26 Å². The van der Waals surface area contributed by atoms with Crippen LogP contribution in [0.3, 0.4) is 0 Å². The van der Waals surface area contributed by atoms with Crippen molar-refractivity contribution in [3.63, 3.8) is 0 Å². The van der Waals surface area contributed by atoms with Crippen LogP contribution in [-0.4, -0.2) is 18.7 Å². The van der Waals surface area contributed by atoms with E-state index in [2.05, 4.69) is 0 Å². The SMILES string of the molecule is CCOC(=O)CCC1CCC(c2cccc(C(F)(F)F)c2C#N)O1. The van der Waals surface area contributed by atoms with E-state index in [1.165, 1.54) is 12.1 Å². The van der Waals surface area contributed by atoms with Gasteiger partial charge in [0.05, 0.1) is 29.9 Å². The number of esters is 1. The minimum atomic E-state index is -4.58. The molecule has 0 aliphatic carbocycles. The van der Waals surface area contributed by atoms with Gasteiger partial charge in [0.2, 0.25) is 0 Å². The highest BCUT2D eigenvalue weighted by molar-refractivity contribution is 5.69. The van der Waals surface area contributed by atoms with Gasteiger partial charge in [-0.1, -0.05) is 12.1 Å². The fourth-order valence-electron chi connectivity index (χ4n) is 2.86. The molecule has 0 aromatic heterocycles. The molecule has 130 valence electrons. The highest BCUT2D eigenvalue weighted by Gasteiger charge is 2.37. The molecule has 7 heteroatoms. The van der Waals surface area contributed by atoms with E-state index < -0.39 is 17.8 Å². The van der Waals surface area contributed by atoms with Gasteiger partial charge in [-0.25, -0.2) is 0 Å². The Kier molecular flexibility index (Phi) is 5.84. The van der Waals surface area contributed by atoms with Crippen LogP contribution in [0, 0.1) is 11.3 Å². The maximum absolute atomic E-state index is 13.0. The summed E-state index contributed by atoms with van der Waals surface area (Å²) in [4.78, 5) is 11.4. The number of ether oxygens (including phenoxy) is 2. The fraction of sp³-hybridized carbons (Fsp3) is 0.529. The number of rotatable bonds is 5. The monoisotopic (exact) mass is 341 g/mol. The van der Waals surface area contributed by atoms with Crippen LogP contribution in [0.5, 0.6) is 0 Å². The van der Waals surface area contributed by atoms with Crippen molar-refractivity contribution in [3.8, 4) is 6.07 Å². The summed E-state index contributed by atoms with van der Waals surface area (Å²) < 4.78 is 49.7. The van der Waals surface area contributed by atoms with Crippen molar-refractivity contribution in [2.75, 3.05) is 6.61 Å². The quantitative estimate of drug-likeness (QED) is 0.755. The minimum absolute atomic E-state index is 0.207. The van der Waals surface area contributed by atoms with Gasteiger partial charge in [-0.05, 0) is 37.8 Å². The summed E-state index contributed by atoms with van der Waals surface area (Å²) in [6.45, 7) is 2.03. The molecule has 1 aliphatic heterocycles. The van der Waals surface area contributed by atoms with Gasteiger partial charge < -0.3 is 9.47 Å². The van der Waals surface area contributed by atoms with E-state index in [0.29, 0.717) is 25.9 Å². The van der Waals surface area contributed by atoms with E-state index in [1.54, 1.807) is 13.0 Å². The molecular formula is C17H18F3NO3. The van der Waals surface area contributed by atoms with Crippen molar-refractivity contribution in [1.82, 2.24) is 0 Å². The summed E-state index contributed by atoms with van der Waals surface area (Å²) in [5.41, 5.74) is -1.08. The fourth-order valence-corrected chi connectivity index (χ4v) is 2.86. The van der Waals surface area contributed by atoms with E-state index in [4.69, 9.17) is 14.7 Å². The molecule has 24 heavy (non-hydrogen) atoms. The number of carbonyl (C=O) groups is 1. The third-order valence-electron chi connectivity index (χ3n) is 3.94. The average molecular weight is 341 g/mol. The van der Waals surface area contributed by atoms with Crippen LogP contribution >= 0.6 is 0 Å². The maximum Gasteiger partial charge on any atom is 0.417 e. The van der Waals surface area contributed by atoms with Gasteiger partial charge in [-0.2, -0.15) is 18.4 Å². The first-order valence-corrected chi connectivity index (χ1v) is 7.78. The lowest BCUT2D eigenvalue weighted by molar-refractivity contribution is -0.144. The van der Waals surface area contributed by atoms with Gasteiger partial charge in [-0.3, -0.25) is 4.79 Å². The molecule has 1 aromatic rings. The molecular weight excluding hydrogens is 323 g/mol. The molecule has 0 radical (unpaired) electrons. The number of alkyl halides is 3. The maximum atomic E-state index is 13.0. The van der Waals surface area contributed by atoms with Crippen LogP contribution in [0.2, 0.25) is 0 Å². The lowest BCUT2D eigenvalue weighted by Gasteiger charge is -2.17. The first-order valence-electron chi connectivity index (χ1n) is 7.78. The molecule has 1 aliphatic rings. The first-order chi connectivity index (χ1) is 11.4. The standard InChI is InChI=1S/C17H18F3NO3/c1-2-23-16(22)9-7-11-6-8-15(24-11)12-4-3-5-14(13(12)10-21)17(18,19)20/h3-5,11,15H,2,6-9H2,1H3. The van der Waals surface area contributed by atoms with Crippen LogP contribution in [-0.2, 0) is 20.4 Å². The number of halogens is 3. The molecule has 1 heterocycles. The smallest absolute Gasteiger partial charge is 0.417 e. The van der Waals surface area contributed by atoms with Gasteiger partial charge in [0, 0.05) is 6.42 Å². The normalized spacial score (nSPS) is 20.6. The van der Waals surface area contributed by atoms with Crippen molar-refractivity contribution in [2.24, 2.45) is 0 Å². The molecule has 0 N–H and O–H groups in total. The van der Waals surface area contributed by atoms with E-state index in [1.807, 2.05) is 0 Å². The Hall–Kier alpha value is -2.07. The van der Waals surface area contributed by atoms with Crippen molar-refractivity contribution in [3.05, 3.63) is 34.9 Å². The summed E-state index contributed by atoms with van der Waals surface area (Å²) in [6.07, 6.45) is -3.55. The topological polar surface area (TPSA) is 59.3 Å². The Balaban J connectivity index is 2.09. The first kappa shape index (κ1) is 18.3. The van der Waals surface area contributed by atoms with Gasteiger partial charge in [0.1, 0.15) is 6.07 Å². The van der Waals surface area contributed by atoms with Crippen LogP contribution in [0.15, 0.2) is 18.2 Å². The van der Waals surface area contributed by atoms with Gasteiger partial charge in [0.25, 0.3) is 0 Å². The van der Waals surface area contributed by atoms with E-state index in [0.717, 1.165) is 6.07 Å². The lowest BCUT2D eigenvalue weighted by atomic mass is 9.96. The number of nitriles is 1. The van der Waals surface area contributed by atoms with Crippen LogP contribution in [0.1, 0.15) is 55.4 Å². The second-order valence-corrected chi connectivity index (χ2v) is 5.55. The Morgan fingerprint density at radius 3 is 2.79 bits per heavy atom. The van der Waals surface area contributed by atoms with Gasteiger partial charge in [0.15, 0.2) is 0 Å². The van der Waals surface area contributed by atoms with Gasteiger partial charge >= 0.3 is 12.1 Å². The van der Waals surface area contributed by atoms with Crippen molar-refractivity contribution < 1.29 is 27.4 Å². The van der Waals surface area contributed by atoms with E-state index in [-0.39, 0.29) is 29.6 Å². The van der Waals surface area contributed by atoms with Crippen LogP contribution in [0.4, 0.5) is 13.2 Å². The summed E-state index contributed by atoms with van der Waals surface area (Å²) in [5.74, 6) is -0.318. The number of benzene rings is 1. The Labute approximate surface area is 138 Å². The molecule has 2 atom stereocenters. The molecule has 4 nitrogen and oxygen atoms in total. The second-order valence-electron chi connectivity index (χ2n) is 5.55. The Morgan fingerprint density at radius 1 is 1.42 bits per heavy atom. The predicted molar refractivity (Wildman–Crippen MR) is 78.9 cm³/mol. The molecule has 0 amide bonds. The predicted octanol–water partition coefficient (Wildman–Crippen LogP) is 4.14. The number of hydrogen-bond donors (Lipinski definition) is 0. The zero-order chi connectivity index (χ0) is 17.7. The molecule has 1 aromatic carbocycles. The lowest BCUT2D eigenvalue weighted by Crippen LogP contribution is -2.13. The Bertz CT molecular complexity index is 637. The third-order valence-corrected chi connectivity index (χ3v) is 3.94. The summed E-state index contributed by atoms with van der Waals surface area (Å²) in [7, 11) is 0. The average Bonchev–Trinajstić information content (AvgIpc) is 3.00. The van der Waals surface area contributed by atoms with Crippen molar-refractivity contribution >= 4 is 5.97 Å². The molecule has 0 saturated carbocycles. The molecule has 2 rings (SSSR count).